The number of hydrogen-bond donors (Lipinski definition) is 2. The zero-order valence-electron chi connectivity index (χ0n) is 10.7. The molecule has 120 valence electrons. The molecule has 0 spiro atoms. The van der Waals surface area contributed by atoms with Crippen LogP contribution < -0.4 is 11.5 Å². The number of benzene rings is 2. The van der Waals surface area contributed by atoms with Crippen molar-refractivity contribution in [3.8, 4) is 0 Å². The van der Waals surface area contributed by atoms with Crippen molar-refractivity contribution < 1.29 is 30.7 Å². The zero-order chi connectivity index (χ0) is 17.1. The maximum Gasteiger partial charge on any atom is 0.416 e. The Morgan fingerprint density at radius 2 is 1.23 bits per heavy atom. The normalized spacial score (nSPS) is 10.9. The molecule has 9 heteroatoms. The Kier molecular flexibility index (Phi) is 5.23. The predicted molar refractivity (Wildman–Crippen MR) is 66.5 cm³/mol. The molecule has 2 nitrogen and oxygen atoms in total. The fraction of sp³-hybridized carbons (Fsp3) is 0.0769. The van der Waals surface area contributed by atoms with Crippen molar-refractivity contribution in [2.45, 2.75) is 6.18 Å². The summed E-state index contributed by atoms with van der Waals surface area (Å²) in [7, 11) is 0. The number of halogens is 7. The summed E-state index contributed by atoms with van der Waals surface area (Å²) in [6.07, 6.45) is -4.27. The van der Waals surface area contributed by atoms with Gasteiger partial charge < -0.3 is 11.5 Å². The molecule has 2 aromatic carbocycles. The van der Waals surface area contributed by atoms with Crippen LogP contribution in [0.1, 0.15) is 5.56 Å². The lowest BCUT2D eigenvalue weighted by atomic mass is 10.2. The maximum absolute atomic E-state index is 12.3. The van der Waals surface area contributed by atoms with E-state index in [0.29, 0.717) is 11.8 Å². The first-order valence-electron chi connectivity index (χ1n) is 5.55. The topological polar surface area (TPSA) is 52.0 Å². The minimum atomic E-state index is -4.27. The summed E-state index contributed by atoms with van der Waals surface area (Å²) in [5.74, 6) is -6.80. The lowest BCUT2D eigenvalue weighted by Crippen LogP contribution is -2.04. The van der Waals surface area contributed by atoms with Crippen LogP contribution in [0.5, 0.6) is 0 Å². The summed E-state index contributed by atoms with van der Waals surface area (Å²) in [5.41, 5.74) is 8.88. The van der Waals surface area contributed by atoms with E-state index in [-0.39, 0.29) is 0 Å². The highest BCUT2D eigenvalue weighted by Gasteiger charge is 2.29. The highest BCUT2D eigenvalue weighted by atomic mass is 19.4. The van der Waals surface area contributed by atoms with E-state index in [4.69, 9.17) is 11.5 Å². The number of nitrogen functional groups attached to an aromatic ring is 2. The summed E-state index contributed by atoms with van der Waals surface area (Å²) >= 11 is 0. The van der Waals surface area contributed by atoms with Crippen LogP contribution in [0.25, 0.3) is 0 Å². The van der Waals surface area contributed by atoms with Gasteiger partial charge in [0.05, 0.1) is 11.3 Å². The van der Waals surface area contributed by atoms with Crippen molar-refractivity contribution >= 4 is 11.4 Å². The van der Waals surface area contributed by atoms with Crippen LogP contribution in [0.3, 0.4) is 0 Å². The molecule has 0 saturated carbocycles. The van der Waals surface area contributed by atoms with Gasteiger partial charge in [0.15, 0.2) is 23.3 Å². The van der Waals surface area contributed by atoms with Crippen LogP contribution in [-0.4, -0.2) is 0 Å². The van der Waals surface area contributed by atoms with Crippen molar-refractivity contribution in [2.24, 2.45) is 0 Å². The molecule has 0 aliphatic rings. The second kappa shape index (κ2) is 6.54. The van der Waals surface area contributed by atoms with E-state index in [2.05, 4.69) is 0 Å². The van der Waals surface area contributed by atoms with Gasteiger partial charge in [0.1, 0.15) is 0 Å². The Morgan fingerprint density at radius 3 is 1.68 bits per heavy atom. The fourth-order valence-electron chi connectivity index (χ4n) is 1.26. The van der Waals surface area contributed by atoms with Gasteiger partial charge in [-0.2, -0.15) is 13.2 Å². The highest BCUT2D eigenvalue weighted by Crippen LogP contribution is 2.29. The molecule has 0 aromatic heterocycles. The molecule has 0 radical (unpaired) electrons. The van der Waals surface area contributed by atoms with Crippen LogP contribution in [0.15, 0.2) is 30.3 Å². The summed E-state index contributed by atoms with van der Waals surface area (Å²) in [6.45, 7) is 0. The lowest BCUT2D eigenvalue weighted by molar-refractivity contribution is -0.137. The van der Waals surface area contributed by atoms with Gasteiger partial charge in [-0.15, -0.1) is 0 Å². The van der Waals surface area contributed by atoms with E-state index in [0.717, 1.165) is 12.1 Å². The van der Waals surface area contributed by atoms with E-state index >= 15 is 0 Å². The summed E-state index contributed by atoms with van der Waals surface area (Å²) in [4.78, 5) is 0. The number of rotatable bonds is 0. The van der Waals surface area contributed by atoms with Crippen molar-refractivity contribution in [3.05, 3.63) is 59.2 Å². The van der Waals surface area contributed by atoms with Crippen molar-refractivity contribution in [1.82, 2.24) is 0 Å². The van der Waals surface area contributed by atoms with Gasteiger partial charge in [-0.1, -0.05) is 0 Å². The van der Waals surface area contributed by atoms with E-state index in [1.165, 1.54) is 12.1 Å². The number of alkyl halides is 3. The van der Waals surface area contributed by atoms with E-state index in [1.807, 2.05) is 0 Å². The monoisotopic (exact) mass is 326 g/mol. The first kappa shape index (κ1) is 17.6. The minimum absolute atomic E-state index is 0.331. The molecule has 2 aromatic rings. The first-order chi connectivity index (χ1) is 10.0. The van der Waals surface area contributed by atoms with Gasteiger partial charge in [0, 0.05) is 11.8 Å². The van der Waals surface area contributed by atoms with Crippen molar-refractivity contribution in [3.63, 3.8) is 0 Å². The van der Waals surface area contributed by atoms with Crippen LogP contribution in [-0.2, 0) is 6.18 Å². The van der Waals surface area contributed by atoms with E-state index < -0.39 is 40.7 Å². The lowest BCUT2D eigenvalue weighted by Gasteiger charge is -2.05. The third-order valence-corrected chi connectivity index (χ3v) is 2.37. The molecular weight excluding hydrogens is 317 g/mol. The maximum atomic E-state index is 12.3. The third-order valence-electron chi connectivity index (χ3n) is 2.37. The smallest absolute Gasteiger partial charge is 0.399 e. The molecule has 0 aliphatic carbocycles. The van der Waals surface area contributed by atoms with Gasteiger partial charge in [-0.05, 0) is 24.3 Å². The summed E-state index contributed by atoms with van der Waals surface area (Å²) in [6, 6.07) is 4.74. The first-order valence-corrected chi connectivity index (χ1v) is 5.55. The largest absolute Gasteiger partial charge is 0.416 e. The Labute approximate surface area is 120 Å². The fourth-order valence-corrected chi connectivity index (χ4v) is 1.26. The predicted octanol–water partition coefficient (Wildman–Crippen LogP) is 4.11. The van der Waals surface area contributed by atoms with Gasteiger partial charge in [0.25, 0.3) is 0 Å². The molecule has 0 amide bonds. The average molecular weight is 326 g/mol. The highest BCUT2D eigenvalue weighted by molar-refractivity contribution is 5.40. The molecule has 0 aliphatic heterocycles. The second-order valence-corrected chi connectivity index (χ2v) is 4.01. The van der Waals surface area contributed by atoms with Crippen molar-refractivity contribution in [2.75, 3.05) is 11.5 Å². The third kappa shape index (κ3) is 4.27. The standard InChI is InChI=1S/C7H6F3N.C6H3F4N/c8-7(9,10)5-1-3-6(11)4-2-5;7-2-1-3(11)5(9)6(10)4(2)8/h1-4H,11H2;1H,11H2. The molecule has 0 heterocycles. The quantitative estimate of drug-likeness (QED) is 0.331. The van der Waals surface area contributed by atoms with Crippen LogP contribution in [0.2, 0.25) is 0 Å². The molecule has 0 bridgehead atoms. The molecule has 2 rings (SSSR count). The molecular formula is C13H9F7N2. The Bertz CT molecular complexity index is 625. The summed E-state index contributed by atoms with van der Waals surface area (Å²) < 4.78 is 84.4. The Morgan fingerprint density at radius 1 is 0.727 bits per heavy atom. The van der Waals surface area contributed by atoms with E-state index in [1.54, 1.807) is 0 Å². The van der Waals surface area contributed by atoms with Crippen LogP contribution in [0, 0.1) is 23.3 Å². The number of anilines is 2. The molecule has 0 fully saturated rings. The SMILES string of the molecule is Nc1cc(F)c(F)c(F)c1F.Nc1ccc(C(F)(F)F)cc1. The molecule has 0 atom stereocenters. The number of hydrogen-bond acceptors (Lipinski definition) is 2. The summed E-state index contributed by atoms with van der Waals surface area (Å²) in [5, 5.41) is 0. The number of nitrogens with two attached hydrogens (primary N) is 2. The molecule has 22 heavy (non-hydrogen) atoms. The van der Waals surface area contributed by atoms with Gasteiger partial charge in [-0.3, -0.25) is 0 Å². The molecule has 0 saturated heterocycles. The van der Waals surface area contributed by atoms with E-state index in [9.17, 15) is 30.7 Å². The second-order valence-electron chi connectivity index (χ2n) is 4.01. The van der Waals surface area contributed by atoms with Gasteiger partial charge in [-0.25, -0.2) is 17.6 Å². The molecule has 4 N–H and O–H groups in total. The average Bonchev–Trinajstić information content (AvgIpc) is 2.43. The Balaban J connectivity index is 0.000000220. The zero-order valence-corrected chi connectivity index (χ0v) is 10.7. The van der Waals surface area contributed by atoms with Crippen molar-refractivity contribution in [1.29, 1.82) is 0 Å². The Hall–Kier alpha value is -2.45. The molecule has 0 unspecified atom stereocenters. The van der Waals surface area contributed by atoms with Gasteiger partial charge in [0.2, 0.25) is 0 Å². The van der Waals surface area contributed by atoms with Crippen LogP contribution >= 0.6 is 0 Å². The van der Waals surface area contributed by atoms with Gasteiger partial charge >= 0.3 is 6.18 Å². The van der Waals surface area contributed by atoms with Crippen LogP contribution in [0.4, 0.5) is 42.1 Å². The minimum Gasteiger partial charge on any atom is -0.399 e.